The third-order valence-corrected chi connectivity index (χ3v) is 4.33. The van der Waals surface area contributed by atoms with Crippen LogP contribution < -0.4 is 0 Å². The van der Waals surface area contributed by atoms with Crippen LogP contribution in [-0.4, -0.2) is 5.78 Å². The standard InChI is InChI=1S/C12H16OS/c1-4-8-5-6-10(14-8)11(13)9-7-12(9,2)3/h5-6,9H,4,7H2,1-3H3. The lowest BCUT2D eigenvalue weighted by Crippen LogP contribution is -2.04. The number of ketones is 1. The first-order valence-electron chi connectivity index (χ1n) is 5.17. The normalized spacial score (nSPS) is 23.5. The lowest BCUT2D eigenvalue weighted by Gasteiger charge is -1.99. The van der Waals surface area contributed by atoms with Gasteiger partial charge in [0.2, 0.25) is 0 Å². The van der Waals surface area contributed by atoms with E-state index in [0.717, 1.165) is 17.7 Å². The molecular formula is C12H16OS. The van der Waals surface area contributed by atoms with Crippen molar-refractivity contribution in [1.29, 1.82) is 0 Å². The molecule has 1 aromatic rings. The van der Waals surface area contributed by atoms with Gasteiger partial charge < -0.3 is 0 Å². The van der Waals surface area contributed by atoms with Crippen molar-refractivity contribution in [3.63, 3.8) is 0 Å². The first-order valence-corrected chi connectivity index (χ1v) is 5.99. The topological polar surface area (TPSA) is 17.1 Å². The van der Waals surface area contributed by atoms with E-state index in [9.17, 15) is 4.79 Å². The highest BCUT2D eigenvalue weighted by molar-refractivity contribution is 7.14. The van der Waals surface area contributed by atoms with E-state index in [1.165, 1.54) is 4.88 Å². The predicted molar refractivity (Wildman–Crippen MR) is 59.9 cm³/mol. The number of hydrogen-bond donors (Lipinski definition) is 0. The van der Waals surface area contributed by atoms with Crippen LogP contribution in [0.25, 0.3) is 0 Å². The molecule has 1 fully saturated rings. The van der Waals surface area contributed by atoms with Crippen LogP contribution in [0.5, 0.6) is 0 Å². The van der Waals surface area contributed by atoms with Crippen LogP contribution in [0.4, 0.5) is 0 Å². The lowest BCUT2D eigenvalue weighted by molar-refractivity contribution is 0.0957. The molecule has 2 rings (SSSR count). The van der Waals surface area contributed by atoms with Crippen LogP contribution >= 0.6 is 11.3 Å². The van der Waals surface area contributed by atoms with Crippen LogP contribution in [-0.2, 0) is 6.42 Å². The molecular weight excluding hydrogens is 192 g/mol. The number of hydrogen-bond acceptors (Lipinski definition) is 2. The average Bonchev–Trinajstić information content (AvgIpc) is 2.64. The molecule has 0 aromatic carbocycles. The second kappa shape index (κ2) is 3.20. The van der Waals surface area contributed by atoms with Gasteiger partial charge in [0.05, 0.1) is 4.88 Å². The zero-order chi connectivity index (χ0) is 10.3. The number of rotatable bonds is 3. The maximum atomic E-state index is 12.0. The number of aryl methyl sites for hydroxylation is 1. The lowest BCUT2D eigenvalue weighted by atomic mass is 10.1. The van der Waals surface area contributed by atoms with E-state index in [1.54, 1.807) is 11.3 Å². The molecule has 1 aliphatic carbocycles. The summed E-state index contributed by atoms with van der Waals surface area (Å²) in [6, 6.07) is 4.06. The molecule has 1 aliphatic rings. The fraction of sp³-hybridized carbons (Fsp3) is 0.583. The third kappa shape index (κ3) is 1.63. The molecule has 1 aromatic heterocycles. The number of carbonyl (C=O) groups excluding carboxylic acids is 1. The summed E-state index contributed by atoms with van der Waals surface area (Å²) in [5.41, 5.74) is 0.257. The van der Waals surface area contributed by atoms with Gasteiger partial charge in [0.25, 0.3) is 0 Å². The minimum Gasteiger partial charge on any atom is -0.293 e. The minimum atomic E-state index is 0.257. The molecule has 76 valence electrons. The van der Waals surface area contributed by atoms with E-state index in [-0.39, 0.29) is 11.3 Å². The monoisotopic (exact) mass is 208 g/mol. The Morgan fingerprint density at radius 2 is 2.21 bits per heavy atom. The van der Waals surface area contributed by atoms with Gasteiger partial charge in [-0.25, -0.2) is 0 Å². The molecule has 1 nitrogen and oxygen atoms in total. The molecule has 0 radical (unpaired) electrons. The molecule has 1 unspecified atom stereocenters. The maximum absolute atomic E-state index is 12.0. The molecule has 0 amide bonds. The Balaban J connectivity index is 2.13. The van der Waals surface area contributed by atoms with Gasteiger partial charge in [-0.05, 0) is 30.4 Å². The fourth-order valence-corrected chi connectivity index (χ4v) is 2.73. The van der Waals surface area contributed by atoms with Gasteiger partial charge in [-0.3, -0.25) is 4.79 Å². The number of carbonyl (C=O) groups is 1. The van der Waals surface area contributed by atoms with E-state index in [4.69, 9.17) is 0 Å². The van der Waals surface area contributed by atoms with Gasteiger partial charge in [0, 0.05) is 10.8 Å². The van der Waals surface area contributed by atoms with Gasteiger partial charge in [-0.1, -0.05) is 20.8 Å². The molecule has 0 spiro atoms. The predicted octanol–water partition coefficient (Wildman–Crippen LogP) is 3.54. The zero-order valence-corrected chi connectivity index (χ0v) is 9.78. The maximum Gasteiger partial charge on any atom is 0.176 e. The molecule has 0 aliphatic heterocycles. The summed E-state index contributed by atoms with van der Waals surface area (Å²) in [5, 5.41) is 0. The molecule has 1 heterocycles. The first-order chi connectivity index (χ1) is 6.54. The van der Waals surface area contributed by atoms with Crippen LogP contribution in [0.3, 0.4) is 0 Å². The molecule has 2 heteroatoms. The summed E-state index contributed by atoms with van der Waals surface area (Å²) in [6.07, 6.45) is 2.09. The quantitative estimate of drug-likeness (QED) is 0.694. The van der Waals surface area contributed by atoms with E-state index in [1.807, 2.05) is 6.07 Å². The molecule has 14 heavy (non-hydrogen) atoms. The van der Waals surface area contributed by atoms with Crippen LogP contribution in [0.1, 0.15) is 41.7 Å². The van der Waals surface area contributed by atoms with E-state index in [2.05, 4.69) is 26.8 Å². The van der Waals surface area contributed by atoms with Crippen molar-refractivity contribution in [2.45, 2.75) is 33.6 Å². The smallest absolute Gasteiger partial charge is 0.176 e. The molecule has 0 saturated heterocycles. The SMILES string of the molecule is CCc1ccc(C(=O)C2CC2(C)C)s1. The minimum absolute atomic E-state index is 0.257. The van der Waals surface area contributed by atoms with Crippen molar-refractivity contribution >= 4 is 17.1 Å². The summed E-state index contributed by atoms with van der Waals surface area (Å²) in [4.78, 5) is 14.2. The van der Waals surface area contributed by atoms with Crippen molar-refractivity contribution in [3.05, 3.63) is 21.9 Å². The van der Waals surface area contributed by atoms with Crippen molar-refractivity contribution in [2.75, 3.05) is 0 Å². The summed E-state index contributed by atoms with van der Waals surface area (Å²) in [6.45, 7) is 6.47. The Hall–Kier alpha value is -0.630. The van der Waals surface area contributed by atoms with Crippen molar-refractivity contribution < 1.29 is 4.79 Å². The molecule has 1 atom stereocenters. The molecule has 1 saturated carbocycles. The third-order valence-electron chi connectivity index (χ3n) is 3.08. The van der Waals surface area contributed by atoms with Crippen LogP contribution in [0.15, 0.2) is 12.1 Å². The molecule has 0 N–H and O–H groups in total. The Bertz CT molecular complexity index is 362. The summed E-state index contributed by atoms with van der Waals surface area (Å²) >= 11 is 1.66. The zero-order valence-electron chi connectivity index (χ0n) is 8.96. The highest BCUT2D eigenvalue weighted by atomic mass is 32.1. The summed E-state index contributed by atoms with van der Waals surface area (Å²) < 4.78 is 0. The van der Waals surface area contributed by atoms with Gasteiger partial charge in [0.1, 0.15) is 0 Å². The van der Waals surface area contributed by atoms with Crippen LogP contribution in [0.2, 0.25) is 0 Å². The Morgan fingerprint density at radius 1 is 1.57 bits per heavy atom. The highest BCUT2D eigenvalue weighted by Gasteiger charge is 2.50. The van der Waals surface area contributed by atoms with E-state index >= 15 is 0 Å². The van der Waals surface area contributed by atoms with Gasteiger partial charge in [-0.15, -0.1) is 11.3 Å². The van der Waals surface area contributed by atoms with E-state index < -0.39 is 0 Å². The fourth-order valence-electron chi connectivity index (χ4n) is 1.79. The van der Waals surface area contributed by atoms with Crippen LogP contribution in [0, 0.1) is 11.3 Å². The van der Waals surface area contributed by atoms with Gasteiger partial charge in [0.15, 0.2) is 5.78 Å². The van der Waals surface area contributed by atoms with Crippen molar-refractivity contribution in [2.24, 2.45) is 11.3 Å². The second-order valence-electron chi connectivity index (χ2n) is 4.73. The first kappa shape index (κ1) is 9.91. The van der Waals surface area contributed by atoms with Gasteiger partial charge in [-0.2, -0.15) is 0 Å². The number of thiophene rings is 1. The van der Waals surface area contributed by atoms with Gasteiger partial charge >= 0.3 is 0 Å². The number of Topliss-reactive ketones (excluding diaryl/α,β-unsaturated/α-hetero) is 1. The Labute approximate surface area is 89.1 Å². The summed E-state index contributed by atoms with van der Waals surface area (Å²) in [7, 11) is 0. The molecule has 0 bridgehead atoms. The second-order valence-corrected chi connectivity index (χ2v) is 5.90. The largest absolute Gasteiger partial charge is 0.293 e. The highest BCUT2D eigenvalue weighted by Crippen LogP contribution is 2.53. The van der Waals surface area contributed by atoms with E-state index in [0.29, 0.717) is 5.78 Å². The van der Waals surface area contributed by atoms with Crippen molar-refractivity contribution in [3.8, 4) is 0 Å². The van der Waals surface area contributed by atoms with Crippen molar-refractivity contribution in [1.82, 2.24) is 0 Å². The Morgan fingerprint density at radius 3 is 2.64 bits per heavy atom. The Kier molecular flexibility index (Phi) is 2.26. The average molecular weight is 208 g/mol. The summed E-state index contributed by atoms with van der Waals surface area (Å²) in [5.74, 6) is 0.644.